The summed E-state index contributed by atoms with van der Waals surface area (Å²) in [5.74, 6) is 0.714. The summed E-state index contributed by atoms with van der Waals surface area (Å²) in [6.07, 6.45) is 5.73. The number of imidazole rings is 1. The molecule has 8 heteroatoms. The average Bonchev–Trinajstić information content (AvgIpc) is 3.50. The Morgan fingerprint density at radius 1 is 1.14 bits per heavy atom. The van der Waals surface area contributed by atoms with Gasteiger partial charge >= 0.3 is 0 Å². The second-order valence-corrected chi connectivity index (χ2v) is 8.49. The quantitative estimate of drug-likeness (QED) is 0.272. The number of hydrogen-bond donors (Lipinski definition) is 3. The molecule has 5 aromatic rings. The molecular weight excluding hydrogens is 436 g/mol. The van der Waals surface area contributed by atoms with Gasteiger partial charge in [0, 0.05) is 43.1 Å². The van der Waals surface area contributed by atoms with Crippen molar-refractivity contribution in [2.45, 2.75) is 20.4 Å². The number of pyridine rings is 1. The number of H-pyrrole nitrogens is 2. The largest absolute Gasteiger partial charge is 0.347 e. The number of nitrogens with one attached hydrogen (secondary N) is 3. The molecule has 0 aliphatic rings. The van der Waals surface area contributed by atoms with Crippen molar-refractivity contribution in [3.05, 3.63) is 72.3 Å². The summed E-state index contributed by atoms with van der Waals surface area (Å²) in [5, 5.41) is 12.1. The van der Waals surface area contributed by atoms with Crippen molar-refractivity contribution >= 4 is 34.3 Å². The Kier molecular flexibility index (Phi) is 6.12. The van der Waals surface area contributed by atoms with Crippen molar-refractivity contribution in [3.8, 4) is 22.6 Å². The molecule has 8 nitrogen and oxygen atoms in total. The SMILES string of the molecule is C=N/C(C)=C\N(C)c1cccc2[nH]c(-c3n[nH]c4ccc(-c5cncc(CNCC)c5)cc34)nc12. The third kappa shape index (κ3) is 4.43. The Labute approximate surface area is 203 Å². The number of aromatic nitrogens is 5. The van der Waals surface area contributed by atoms with Crippen LogP contribution in [-0.4, -0.2) is 45.5 Å². The van der Waals surface area contributed by atoms with Crippen LogP contribution in [0.2, 0.25) is 0 Å². The highest BCUT2D eigenvalue weighted by Crippen LogP contribution is 2.32. The first-order chi connectivity index (χ1) is 17.1. The molecule has 0 atom stereocenters. The highest BCUT2D eigenvalue weighted by atomic mass is 15.1. The summed E-state index contributed by atoms with van der Waals surface area (Å²) < 4.78 is 0. The number of fused-ring (bicyclic) bond motifs is 2. The lowest BCUT2D eigenvalue weighted by Crippen LogP contribution is -2.11. The predicted octanol–water partition coefficient (Wildman–Crippen LogP) is 5.28. The van der Waals surface area contributed by atoms with Crippen molar-refractivity contribution in [2.24, 2.45) is 4.99 Å². The molecule has 0 spiro atoms. The molecule has 0 aliphatic heterocycles. The van der Waals surface area contributed by atoms with E-state index in [-0.39, 0.29) is 0 Å². The summed E-state index contributed by atoms with van der Waals surface area (Å²) in [7, 11) is 1.98. The number of benzene rings is 2. The van der Waals surface area contributed by atoms with Crippen LogP contribution in [0.15, 0.2) is 71.7 Å². The van der Waals surface area contributed by atoms with Crippen molar-refractivity contribution in [1.29, 1.82) is 0 Å². The normalized spacial score (nSPS) is 11.9. The molecule has 0 aliphatic carbocycles. The van der Waals surface area contributed by atoms with E-state index in [1.807, 2.05) is 55.7 Å². The predicted molar refractivity (Wildman–Crippen MR) is 144 cm³/mol. The number of nitrogens with zero attached hydrogens (tertiary/aromatic N) is 5. The second kappa shape index (κ2) is 9.52. The molecule has 0 saturated carbocycles. The fraction of sp³-hybridized carbons (Fsp3) is 0.185. The lowest BCUT2D eigenvalue weighted by atomic mass is 10.0. The van der Waals surface area contributed by atoms with Gasteiger partial charge in [0.15, 0.2) is 5.82 Å². The monoisotopic (exact) mass is 464 g/mol. The van der Waals surface area contributed by atoms with E-state index >= 15 is 0 Å². The van der Waals surface area contributed by atoms with E-state index in [0.717, 1.165) is 68.8 Å². The van der Waals surface area contributed by atoms with E-state index in [9.17, 15) is 0 Å². The van der Waals surface area contributed by atoms with Gasteiger partial charge in [0.05, 0.1) is 22.4 Å². The topological polar surface area (TPSA) is 97.9 Å². The van der Waals surface area contributed by atoms with Crippen LogP contribution in [0.25, 0.3) is 44.6 Å². The summed E-state index contributed by atoms with van der Waals surface area (Å²) in [6.45, 7) is 9.33. The minimum Gasteiger partial charge on any atom is -0.347 e. The molecule has 0 saturated heterocycles. The molecule has 0 unspecified atom stereocenters. The fourth-order valence-corrected chi connectivity index (χ4v) is 4.19. The zero-order valence-corrected chi connectivity index (χ0v) is 20.1. The Morgan fingerprint density at radius 2 is 2.03 bits per heavy atom. The Bertz CT molecular complexity index is 1540. The van der Waals surface area contributed by atoms with E-state index in [1.165, 1.54) is 0 Å². The van der Waals surface area contributed by atoms with Gasteiger partial charge in [0.2, 0.25) is 0 Å². The third-order valence-electron chi connectivity index (χ3n) is 6.00. The fourth-order valence-electron chi connectivity index (χ4n) is 4.19. The number of allylic oxidation sites excluding steroid dienone is 1. The third-order valence-corrected chi connectivity index (χ3v) is 6.00. The van der Waals surface area contributed by atoms with Gasteiger partial charge in [0.25, 0.3) is 0 Å². The minimum atomic E-state index is 0.714. The second-order valence-electron chi connectivity index (χ2n) is 8.49. The van der Waals surface area contributed by atoms with Crippen molar-refractivity contribution < 1.29 is 0 Å². The molecule has 0 fully saturated rings. The van der Waals surface area contributed by atoms with Crippen LogP contribution in [0.5, 0.6) is 0 Å². The van der Waals surface area contributed by atoms with Gasteiger partial charge in [-0.05, 0) is 61.6 Å². The van der Waals surface area contributed by atoms with E-state index in [4.69, 9.17) is 4.98 Å². The minimum absolute atomic E-state index is 0.714. The van der Waals surface area contributed by atoms with Crippen molar-refractivity contribution in [3.63, 3.8) is 0 Å². The zero-order valence-electron chi connectivity index (χ0n) is 20.1. The maximum Gasteiger partial charge on any atom is 0.159 e. The highest BCUT2D eigenvalue weighted by molar-refractivity contribution is 5.97. The summed E-state index contributed by atoms with van der Waals surface area (Å²) >= 11 is 0. The van der Waals surface area contributed by atoms with Gasteiger partial charge in [-0.15, -0.1) is 0 Å². The van der Waals surface area contributed by atoms with Crippen LogP contribution >= 0.6 is 0 Å². The molecule has 35 heavy (non-hydrogen) atoms. The number of hydrogen-bond acceptors (Lipinski definition) is 6. The Balaban J connectivity index is 1.56. The van der Waals surface area contributed by atoms with Gasteiger partial charge in [-0.2, -0.15) is 5.10 Å². The highest BCUT2D eigenvalue weighted by Gasteiger charge is 2.16. The van der Waals surface area contributed by atoms with Gasteiger partial charge in [-0.3, -0.25) is 15.1 Å². The van der Waals surface area contributed by atoms with Crippen LogP contribution in [0, 0.1) is 0 Å². The van der Waals surface area contributed by atoms with Gasteiger partial charge in [0.1, 0.15) is 11.2 Å². The number of rotatable bonds is 8. The van der Waals surface area contributed by atoms with E-state index in [0.29, 0.717) is 5.82 Å². The van der Waals surface area contributed by atoms with Crippen LogP contribution in [-0.2, 0) is 6.54 Å². The van der Waals surface area contributed by atoms with E-state index < -0.39 is 0 Å². The summed E-state index contributed by atoms with van der Waals surface area (Å²) in [5.41, 5.74) is 8.65. The molecule has 0 radical (unpaired) electrons. The molecule has 3 heterocycles. The van der Waals surface area contributed by atoms with Crippen LogP contribution in [0.3, 0.4) is 0 Å². The van der Waals surface area contributed by atoms with Gasteiger partial charge in [-0.1, -0.05) is 19.1 Å². The number of para-hydroxylation sites is 1. The van der Waals surface area contributed by atoms with E-state index in [1.54, 1.807) is 0 Å². The van der Waals surface area contributed by atoms with Gasteiger partial charge < -0.3 is 15.2 Å². The Hall–Kier alpha value is -4.30. The van der Waals surface area contributed by atoms with Crippen molar-refractivity contribution in [1.82, 2.24) is 30.5 Å². The molecule has 3 N–H and O–H groups in total. The first-order valence-corrected chi connectivity index (χ1v) is 11.6. The van der Waals surface area contributed by atoms with Crippen LogP contribution in [0.1, 0.15) is 19.4 Å². The summed E-state index contributed by atoms with van der Waals surface area (Å²) in [4.78, 5) is 18.8. The van der Waals surface area contributed by atoms with Gasteiger partial charge in [-0.25, -0.2) is 4.98 Å². The molecule has 5 rings (SSSR count). The maximum absolute atomic E-state index is 4.93. The molecule has 2 aromatic carbocycles. The maximum atomic E-state index is 4.93. The smallest absolute Gasteiger partial charge is 0.159 e. The standard InChI is InChI=1S/C27H28N8/c1-5-29-13-18-11-20(15-30-14-18)19-9-10-22-21(12-19)25(34-33-22)27-31-23-7-6-8-24(26(23)32-27)35(4)16-17(2)28-3/h6-12,14-16,29H,3,5,13H2,1-2,4H3,(H,31,32)(H,33,34)/b17-16-. The molecule has 0 amide bonds. The van der Waals surface area contributed by atoms with E-state index in [2.05, 4.69) is 68.4 Å². The number of anilines is 1. The molecule has 176 valence electrons. The lowest BCUT2D eigenvalue weighted by molar-refractivity contribution is 0.724. The number of aliphatic imine (C=N–C) groups is 1. The molecular formula is C27H28N8. The van der Waals surface area contributed by atoms with Crippen LogP contribution in [0.4, 0.5) is 5.69 Å². The molecule has 0 bridgehead atoms. The van der Waals surface area contributed by atoms with Crippen LogP contribution < -0.4 is 10.2 Å². The number of aromatic amines is 2. The first-order valence-electron chi connectivity index (χ1n) is 11.6. The zero-order chi connectivity index (χ0) is 24.4. The van der Waals surface area contributed by atoms with Crippen molar-refractivity contribution in [2.75, 3.05) is 18.5 Å². The Morgan fingerprint density at radius 3 is 2.86 bits per heavy atom. The first kappa shape index (κ1) is 22.5. The average molecular weight is 465 g/mol. The summed E-state index contributed by atoms with van der Waals surface area (Å²) in [6, 6.07) is 14.5. The molecule has 3 aromatic heterocycles. The lowest BCUT2D eigenvalue weighted by Gasteiger charge is -2.15.